The second-order valence-electron chi connectivity index (χ2n) is 5.34. The van der Waals surface area contributed by atoms with E-state index in [1.54, 1.807) is 0 Å². The minimum atomic E-state index is -0.0846. The van der Waals surface area contributed by atoms with Crippen molar-refractivity contribution in [3.8, 4) is 0 Å². The van der Waals surface area contributed by atoms with E-state index in [0.717, 1.165) is 6.42 Å². The molecule has 2 amide bonds. The molecule has 0 spiro atoms. The van der Waals surface area contributed by atoms with Crippen LogP contribution in [-0.4, -0.2) is 33.2 Å². The lowest BCUT2D eigenvalue weighted by Crippen LogP contribution is -2.38. The third-order valence-electron chi connectivity index (χ3n) is 2.82. The Kier molecular flexibility index (Phi) is 6.19. The van der Waals surface area contributed by atoms with Gasteiger partial charge in [0, 0.05) is 32.9 Å². The van der Waals surface area contributed by atoms with Crippen LogP contribution < -0.4 is 15.5 Å². The van der Waals surface area contributed by atoms with Gasteiger partial charge in [0.15, 0.2) is 0 Å². The van der Waals surface area contributed by atoms with Gasteiger partial charge >= 0.3 is 6.03 Å². The number of rotatable bonds is 6. The summed E-state index contributed by atoms with van der Waals surface area (Å²) in [6.45, 7) is 5.52. The summed E-state index contributed by atoms with van der Waals surface area (Å²) in [7, 11) is 4.05. The van der Waals surface area contributed by atoms with Crippen LogP contribution in [-0.2, 0) is 6.42 Å². The van der Waals surface area contributed by atoms with E-state index in [1.165, 1.54) is 11.3 Å². The number of benzene rings is 1. The van der Waals surface area contributed by atoms with E-state index >= 15 is 0 Å². The summed E-state index contributed by atoms with van der Waals surface area (Å²) in [4.78, 5) is 13.5. The number of nitrogens with one attached hydrogen (secondary N) is 2. The lowest BCUT2D eigenvalue weighted by atomic mass is 10.1. The smallest absolute Gasteiger partial charge is 0.314 e. The number of hydrogen-bond acceptors (Lipinski definition) is 2. The average molecular weight is 263 g/mol. The van der Waals surface area contributed by atoms with Gasteiger partial charge in [-0.2, -0.15) is 0 Å². The first kappa shape index (κ1) is 15.3. The predicted octanol–water partition coefficient (Wildman–Crippen LogP) is 2.25. The highest BCUT2D eigenvalue weighted by molar-refractivity contribution is 5.73. The van der Waals surface area contributed by atoms with E-state index < -0.39 is 0 Å². The van der Waals surface area contributed by atoms with Crippen LogP contribution in [0.25, 0.3) is 0 Å². The molecule has 0 saturated carbocycles. The van der Waals surface area contributed by atoms with Crippen LogP contribution >= 0.6 is 0 Å². The van der Waals surface area contributed by atoms with Crippen molar-refractivity contribution in [1.29, 1.82) is 0 Å². The monoisotopic (exact) mass is 263 g/mol. The van der Waals surface area contributed by atoms with Crippen LogP contribution in [0.3, 0.4) is 0 Å². The van der Waals surface area contributed by atoms with Gasteiger partial charge in [0.2, 0.25) is 0 Å². The maximum atomic E-state index is 11.5. The Morgan fingerprint density at radius 2 is 1.79 bits per heavy atom. The van der Waals surface area contributed by atoms with Gasteiger partial charge in [-0.1, -0.05) is 26.0 Å². The number of nitrogens with zero attached hydrogens (tertiary/aromatic N) is 1. The molecule has 1 rings (SSSR count). The Hall–Kier alpha value is -1.71. The number of carbonyl (C=O) groups excluding carboxylic acids is 1. The van der Waals surface area contributed by atoms with Gasteiger partial charge in [-0.25, -0.2) is 4.79 Å². The summed E-state index contributed by atoms with van der Waals surface area (Å²) < 4.78 is 0. The Labute approximate surface area is 116 Å². The van der Waals surface area contributed by atoms with Crippen LogP contribution in [0.1, 0.15) is 19.4 Å². The van der Waals surface area contributed by atoms with Crippen LogP contribution in [0.15, 0.2) is 24.3 Å². The maximum Gasteiger partial charge on any atom is 0.314 e. The van der Waals surface area contributed by atoms with Crippen LogP contribution in [0, 0.1) is 5.92 Å². The summed E-state index contributed by atoms with van der Waals surface area (Å²) in [5.41, 5.74) is 2.42. The third kappa shape index (κ3) is 6.13. The minimum Gasteiger partial charge on any atom is -0.378 e. The summed E-state index contributed by atoms with van der Waals surface area (Å²) in [5, 5.41) is 5.70. The lowest BCUT2D eigenvalue weighted by molar-refractivity contribution is 0.239. The second-order valence-corrected chi connectivity index (χ2v) is 5.34. The number of carbonyl (C=O) groups is 1. The Morgan fingerprint density at radius 3 is 2.32 bits per heavy atom. The zero-order valence-corrected chi connectivity index (χ0v) is 12.4. The molecule has 0 bridgehead atoms. The molecule has 2 N–H and O–H groups in total. The van der Waals surface area contributed by atoms with Crippen molar-refractivity contribution in [1.82, 2.24) is 10.6 Å². The molecule has 0 aliphatic carbocycles. The van der Waals surface area contributed by atoms with Gasteiger partial charge in [0.1, 0.15) is 0 Å². The molecule has 0 fully saturated rings. The predicted molar refractivity (Wildman–Crippen MR) is 80.7 cm³/mol. The summed E-state index contributed by atoms with van der Waals surface area (Å²) in [5.74, 6) is 0.476. The molecule has 1 aromatic carbocycles. The second kappa shape index (κ2) is 7.67. The van der Waals surface area contributed by atoms with Gasteiger partial charge in [-0.05, 0) is 30.0 Å². The van der Waals surface area contributed by atoms with Gasteiger partial charge in [-0.3, -0.25) is 0 Å². The molecule has 0 saturated heterocycles. The Balaban J connectivity index is 2.27. The van der Waals surface area contributed by atoms with E-state index in [-0.39, 0.29) is 6.03 Å². The van der Waals surface area contributed by atoms with Gasteiger partial charge in [-0.15, -0.1) is 0 Å². The molecule has 19 heavy (non-hydrogen) atoms. The molecule has 1 aromatic rings. The molecule has 0 aromatic heterocycles. The highest BCUT2D eigenvalue weighted by atomic mass is 16.2. The zero-order chi connectivity index (χ0) is 14.3. The van der Waals surface area contributed by atoms with Crippen molar-refractivity contribution >= 4 is 11.7 Å². The van der Waals surface area contributed by atoms with Crippen molar-refractivity contribution in [2.24, 2.45) is 5.92 Å². The number of anilines is 1. The first-order chi connectivity index (χ1) is 8.99. The molecule has 0 radical (unpaired) electrons. The number of hydrogen-bond donors (Lipinski definition) is 2. The molecule has 0 aliphatic rings. The quantitative estimate of drug-likeness (QED) is 0.827. The molecule has 0 atom stereocenters. The van der Waals surface area contributed by atoms with E-state index in [1.807, 2.05) is 14.1 Å². The molecular formula is C15H25N3O. The molecular weight excluding hydrogens is 238 g/mol. The van der Waals surface area contributed by atoms with Crippen molar-refractivity contribution < 1.29 is 4.79 Å². The third-order valence-corrected chi connectivity index (χ3v) is 2.82. The van der Waals surface area contributed by atoms with Crippen molar-refractivity contribution in [3.63, 3.8) is 0 Å². The largest absolute Gasteiger partial charge is 0.378 e. The highest BCUT2D eigenvalue weighted by Gasteiger charge is 2.01. The first-order valence-electron chi connectivity index (χ1n) is 6.77. The number of urea groups is 1. The van der Waals surface area contributed by atoms with Crippen molar-refractivity contribution in [3.05, 3.63) is 29.8 Å². The maximum absolute atomic E-state index is 11.5. The molecule has 0 heterocycles. The van der Waals surface area contributed by atoms with E-state index in [4.69, 9.17) is 0 Å². The fourth-order valence-corrected chi connectivity index (χ4v) is 1.64. The molecule has 0 unspecified atom stereocenters. The van der Waals surface area contributed by atoms with E-state index in [2.05, 4.69) is 53.6 Å². The fraction of sp³-hybridized carbons (Fsp3) is 0.533. The summed E-state index contributed by atoms with van der Waals surface area (Å²) in [6, 6.07) is 8.30. The zero-order valence-electron chi connectivity index (χ0n) is 12.4. The van der Waals surface area contributed by atoms with Crippen LogP contribution in [0.5, 0.6) is 0 Å². The molecule has 106 valence electrons. The first-order valence-corrected chi connectivity index (χ1v) is 6.77. The highest BCUT2D eigenvalue weighted by Crippen LogP contribution is 2.12. The minimum absolute atomic E-state index is 0.0846. The van der Waals surface area contributed by atoms with Gasteiger partial charge in [0.25, 0.3) is 0 Å². The summed E-state index contributed by atoms with van der Waals surface area (Å²) >= 11 is 0. The number of amides is 2. The topological polar surface area (TPSA) is 44.4 Å². The van der Waals surface area contributed by atoms with E-state index in [0.29, 0.717) is 19.0 Å². The molecule has 0 aliphatic heterocycles. The van der Waals surface area contributed by atoms with Crippen LogP contribution in [0.2, 0.25) is 0 Å². The summed E-state index contributed by atoms with van der Waals surface area (Å²) in [6.07, 6.45) is 0.850. The van der Waals surface area contributed by atoms with Gasteiger partial charge < -0.3 is 15.5 Å². The van der Waals surface area contributed by atoms with Crippen molar-refractivity contribution in [2.45, 2.75) is 20.3 Å². The Bertz CT molecular complexity index is 385. The SMILES string of the molecule is CC(C)CNC(=O)NCCc1ccc(N(C)C)cc1. The molecule has 4 heteroatoms. The normalized spacial score (nSPS) is 10.4. The average Bonchev–Trinajstić information content (AvgIpc) is 2.37. The van der Waals surface area contributed by atoms with Gasteiger partial charge in [0.05, 0.1) is 0 Å². The Morgan fingerprint density at radius 1 is 1.16 bits per heavy atom. The van der Waals surface area contributed by atoms with E-state index in [9.17, 15) is 4.79 Å². The van der Waals surface area contributed by atoms with Crippen LogP contribution in [0.4, 0.5) is 10.5 Å². The lowest BCUT2D eigenvalue weighted by Gasteiger charge is -2.13. The fourth-order valence-electron chi connectivity index (χ4n) is 1.64. The molecule has 4 nitrogen and oxygen atoms in total. The van der Waals surface area contributed by atoms with Crippen molar-refractivity contribution in [2.75, 3.05) is 32.1 Å². The standard InChI is InChI=1S/C15H25N3O/c1-12(2)11-17-15(19)16-10-9-13-5-7-14(8-6-13)18(3)4/h5-8,12H,9-11H2,1-4H3,(H2,16,17,19).